The molecular weight excluding hydrogens is 566 g/mol. The Labute approximate surface area is 250 Å². The monoisotopic (exact) mass is 599 g/mol. The molecule has 10 nitrogen and oxygen atoms in total. The van der Waals surface area contributed by atoms with Crippen LogP contribution in [0.4, 0.5) is 0 Å². The summed E-state index contributed by atoms with van der Waals surface area (Å²) in [6.45, 7) is 3.86. The summed E-state index contributed by atoms with van der Waals surface area (Å²) in [5, 5.41) is 1.61. The second-order valence-corrected chi connectivity index (χ2v) is 12.4. The maximum Gasteiger partial charge on any atom is 0.264 e. The number of ether oxygens (including phenoxy) is 1. The first-order valence-electron chi connectivity index (χ1n) is 14.2. The number of rotatable bonds is 11. The molecular formula is C32H33N5O5S. The number of nitrogens with one attached hydrogen (secondary N) is 1. The van der Waals surface area contributed by atoms with Crippen molar-refractivity contribution in [1.82, 2.24) is 24.2 Å². The molecule has 222 valence electrons. The van der Waals surface area contributed by atoms with Crippen molar-refractivity contribution >= 4 is 20.8 Å². The van der Waals surface area contributed by atoms with Gasteiger partial charge in [0.25, 0.3) is 5.56 Å². The first-order valence-corrected chi connectivity index (χ1v) is 15.7. The number of nitrogens with zero attached hydrogens (tertiary/aromatic N) is 4. The summed E-state index contributed by atoms with van der Waals surface area (Å²) in [6, 6.07) is 14.3. The predicted octanol–water partition coefficient (Wildman–Crippen LogP) is 4.09. The highest BCUT2D eigenvalue weighted by atomic mass is 32.2. The fraction of sp³-hybridized carbons (Fsp3) is 0.312. The molecule has 0 spiro atoms. The van der Waals surface area contributed by atoms with Crippen molar-refractivity contribution < 1.29 is 18.5 Å². The van der Waals surface area contributed by atoms with Crippen LogP contribution in [0.5, 0.6) is 5.75 Å². The van der Waals surface area contributed by atoms with Gasteiger partial charge in [0.2, 0.25) is 17.1 Å². The highest BCUT2D eigenvalue weighted by Crippen LogP contribution is 2.31. The number of unbranched alkanes of at least 4 members (excludes halogenated alkanes) is 1. The Morgan fingerprint density at radius 2 is 1.81 bits per heavy atom. The van der Waals surface area contributed by atoms with E-state index in [4.69, 9.17) is 9.72 Å². The van der Waals surface area contributed by atoms with Crippen LogP contribution in [0.1, 0.15) is 55.3 Å². The molecule has 0 bridgehead atoms. The standard InChI is InChI=1S/C32H33N5O5S/c1-4-5-9-28-27(31(40)37(21(2)35-28)32-33-18-25(42-3)19-34-32)17-22-11-13-23(14-12-22)26-8-6-7-10-29(26)43(41,20-38)36-30(39)24-15-16-24/h6-8,10-14,18-19,24H,4-5,9,15-17H2,1-3H3,(H,36,39,41). The normalized spacial score (nSPS) is 14.0. The minimum atomic E-state index is -3.58. The molecule has 1 atom stereocenters. The molecule has 1 unspecified atom stereocenters. The second-order valence-electron chi connectivity index (χ2n) is 10.5. The highest BCUT2D eigenvalue weighted by molar-refractivity contribution is 7.99. The smallest absolute Gasteiger partial charge is 0.264 e. The van der Waals surface area contributed by atoms with Gasteiger partial charge in [0.15, 0.2) is 15.5 Å². The van der Waals surface area contributed by atoms with Crippen molar-refractivity contribution in [3.8, 4) is 22.8 Å². The van der Waals surface area contributed by atoms with E-state index in [2.05, 4.69) is 21.6 Å². The summed E-state index contributed by atoms with van der Waals surface area (Å²) >= 11 is 0. The van der Waals surface area contributed by atoms with Crippen molar-refractivity contribution in [1.29, 1.82) is 0 Å². The lowest BCUT2D eigenvalue weighted by Gasteiger charge is -2.15. The summed E-state index contributed by atoms with van der Waals surface area (Å²) in [4.78, 5) is 51.8. The first kappa shape index (κ1) is 29.9. The van der Waals surface area contributed by atoms with Crippen LogP contribution in [-0.4, -0.2) is 42.0 Å². The van der Waals surface area contributed by atoms with Gasteiger partial charge in [-0.3, -0.25) is 14.3 Å². The zero-order chi connectivity index (χ0) is 30.6. The number of methoxy groups -OCH3 is 1. The van der Waals surface area contributed by atoms with Crippen molar-refractivity contribution in [3.05, 3.63) is 93.9 Å². The molecule has 5 rings (SSSR count). The van der Waals surface area contributed by atoms with Gasteiger partial charge in [0.1, 0.15) is 5.82 Å². The lowest BCUT2D eigenvalue weighted by molar-refractivity contribution is -0.120. The van der Waals surface area contributed by atoms with Gasteiger partial charge in [-0.15, -0.1) is 0 Å². The molecule has 2 aromatic carbocycles. The third kappa shape index (κ3) is 6.43. The van der Waals surface area contributed by atoms with Crippen LogP contribution in [0.25, 0.3) is 17.1 Å². The summed E-state index contributed by atoms with van der Waals surface area (Å²) in [7, 11) is -2.06. The van der Waals surface area contributed by atoms with Gasteiger partial charge < -0.3 is 4.74 Å². The molecule has 1 aliphatic rings. The number of amides is 1. The zero-order valence-electron chi connectivity index (χ0n) is 24.3. The van der Waals surface area contributed by atoms with Gasteiger partial charge in [0.05, 0.1) is 30.1 Å². The average molecular weight is 600 g/mol. The van der Waals surface area contributed by atoms with Crippen molar-refractivity contribution in [2.45, 2.75) is 57.3 Å². The summed E-state index contributed by atoms with van der Waals surface area (Å²) in [5.74, 6) is 0.600. The van der Waals surface area contributed by atoms with Gasteiger partial charge >= 0.3 is 0 Å². The predicted molar refractivity (Wildman–Crippen MR) is 163 cm³/mol. The molecule has 4 aromatic rings. The van der Waals surface area contributed by atoms with Crippen LogP contribution >= 0.6 is 0 Å². The Morgan fingerprint density at radius 3 is 2.44 bits per heavy atom. The molecule has 1 aliphatic carbocycles. The van der Waals surface area contributed by atoms with Crippen LogP contribution in [0.15, 0.2) is 70.6 Å². The molecule has 1 N–H and O–H groups in total. The fourth-order valence-electron chi connectivity index (χ4n) is 4.87. The maximum atomic E-state index is 13.9. The molecule has 1 fully saturated rings. The Balaban J connectivity index is 1.49. The molecule has 0 radical (unpaired) electrons. The van der Waals surface area contributed by atoms with Gasteiger partial charge in [-0.05, 0) is 55.4 Å². The van der Waals surface area contributed by atoms with Crippen LogP contribution in [0.2, 0.25) is 0 Å². The Kier molecular flexibility index (Phi) is 8.84. The molecule has 1 amide bonds. The molecule has 0 aliphatic heterocycles. The summed E-state index contributed by atoms with van der Waals surface area (Å²) < 4.78 is 22.6. The van der Waals surface area contributed by atoms with Crippen LogP contribution in [0.3, 0.4) is 0 Å². The molecule has 11 heteroatoms. The number of hydrogen-bond donors (Lipinski definition) is 1. The van der Waals surface area contributed by atoms with E-state index in [-0.39, 0.29) is 22.3 Å². The van der Waals surface area contributed by atoms with E-state index in [0.717, 1.165) is 36.9 Å². The second kappa shape index (κ2) is 12.7. The van der Waals surface area contributed by atoms with Crippen LogP contribution < -0.4 is 15.0 Å². The van der Waals surface area contributed by atoms with E-state index in [1.54, 1.807) is 36.4 Å². The third-order valence-corrected chi connectivity index (χ3v) is 9.10. The van der Waals surface area contributed by atoms with E-state index in [1.165, 1.54) is 24.1 Å². The fourth-order valence-corrected chi connectivity index (χ4v) is 6.32. The van der Waals surface area contributed by atoms with Gasteiger partial charge in [-0.25, -0.2) is 28.5 Å². The van der Waals surface area contributed by atoms with Crippen molar-refractivity contribution in [2.24, 2.45) is 5.92 Å². The van der Waals surface area contributed by atoms with E-state index in [9.17, 15) is 18.6 Å². The van der Waals surface area contributed by atoms with Crippen molar-refractivity contribution in [3.63, 3.8) is 0 Å². The van der Waals surface area contributed by atoms with Crippen LogP contribution in [-0.2, 0) is 32.1 Å². The molecule has 43 heavy (non-hydrogen) atoms. The zero-order valence-corrected chi connectivity index (χ0v) is 25.1. The Hall–Kier alpha value is -4.60. The molecule has 0 saturated heterocycles. The maximum absolute atomic E-state index is 13.9. The summed E-state index contributed by atoms with van der Waals surface area (Å²) in [6.07, 6.45) is 7.31. The van der Waals surface area contributed by atoms with Crippen LogP contribution in [0, 0.1) is 12.8 Å². The van der Waals surface area contributed by atoms with E-state index in [0.29, 0.717) is 41.1 Å². The van der Waals surface area contributed by atoms with Crippen molar-refractivity contribution in [2.75, 3.05) is 7.11 Å². The van der Waals surface area contributed by atoms with E-state index in [1.807, 2.05) is 24.3 Å². The highest BCUT2D eigenvalue weighted by Gasteiger charge is 2.32. The topological polar surface area (TPSA) is 133 Å². The number of hydrogen-bond acceptors (Lipinski definition) is 8. The van der Waals surface area contributed by atoms with Gasteiger partial charge in [-0.2, -0.15) is 0 Å². The number of aryl methyl sites for hydroxylation is 2. The number of carbonyl (C=O) groups excluding carboxylic acids is 2. The minimum absolute atomic E-state index is 0.207. The Bertz CT molecular complexity index is 1850. The Morgan fingerprint density at radius 1 is 1.12 bits per heavy atom. The molecule has 2 aromatic heterocycles. The minimum Gasteiger partial charge on any atom is -0.494 e. The third-order valence-electron chi connectivity index (χ3n) is 7.40. The lowest BCUT2D eigenvalue weighted by atomic mass is 9.98. The SMILES string of the molecule is CCCCc1nc(C)n(-c2ncc(OC)cn2)c(=O)c1Cc1ccc(-c2ccccc2S(=O)(=C=O)NC(=O)C2CC2)cc1. The average Bonchev–Trinajstić information content (AvgIpc) is 3.88. The largest absolute Gasteiger partial charge is 0.494 e. The van der Waals surface area contributed by atoms with E-state index < -0.39 is 15.6 Å². The molecule has 1 saturated carbocycles. The van der Waals surface area contributed by atoms with E-state index >= 15 is 0 Å². The molecule has 2 heterocycles. The van der Waals surface area contributed by atoms with Gasteiger partial charge in [0, 0.05) is 17.9 Å². The number of benzene rings is 2. The van der Waals surface area contributed by atoms with Gasteiger partial charge in [-0.1, -0.05) is 55.8 Å². The lowest BCUT2D eigenvalue weighted by Crippen LogP contribution is -2.32. The number of carbonyl (C=O) groups is 1. The number of aromatic nitrogens is 4. The quantitative estimate of drug-likeness (QED) is 0.255. The first-order chi connectivity index (χ1) is 20.8. The summed E-state index contributed by atoms with van der Waals surface area (Å²) in [5.41, 5.74) is 3.21.